The summed E-state index contributed by atoms with van der Waals surface area (Å²) < 4.78 is 0. The van der Waals surface area contributed by atoms with Crippen molar-refractivity contribution in [3.8, 4) is 5.75 Å². The third kappa shape index (κ3) is 5.09. The minimum absolute atomic E-state index is 0.134. The highest BCUT2D eigenvalue weighted by Crippen LogP contribution is 2.34. The molecule has 2 aromatic carbocycles. The van der Waals surface area contributed by atoms with Crippen LogP contribution in [-0.4, -0.2) is 29.0 Å². The molecule has 2 aromatic rings. The smallest absolute Gasteiger partial charge is 0.223 e. The second-order valence-electron chi connectivity index (χ2n) is 6.61. The molecule has 0 fully saturated rings. The van der Waals surface area contributed by atoms with Crippen LogP contribution >= 0.6 is 0 Å². The first-order valence-corrected chi connectivity index (χ1v) is 9.19. The largest absolute Gasteiger partial charge is 0.508 e. The van der Waals surface area contributed by atoms with Crippen LogP contribution in [0.15, 0.2) is 48.5 Å². The predicted octanol–water partition coefficient (Wildman–Crippen LogP) is 4.87. The molecule has 0 aromatic heterocycles. The monoisotopic (exact) mass is 339 g/mol. The van der Waals surface area contributed by atoms with E-state index in [4.69, 9.17) is 0 Å². The van der Waals surface area contributed by atoms with Crippen LogP contribution in [0.3, 0.4) is 0 Å². The zero-order chi connectivity index (χ0) is 18.2. The third-order valence-corrected chi connectivity index (χ3v) is 4.48. The molecular weight excluding hydrogens is 310 g/mol. The van der Waals surface area contributed by atoms with E-state index in [-0.39, 0.29) is 17.6 Å². The molecule has 0 aliphatic rings. The van der Waals surface area contributed by atoms with Gasteiger partial charge in [0.25, 0.3) is 0 Å². The first-order valence-electron chi connectivity index (χ1n) is 9.19. The number of hydrogen-bond donors (Lipinski definition) is 1. The molecule has 3 nitrogen and oxygen atoms in total. The number of rotatable bonds is 8. The summed E-state index contributed by atoms with van der Waals surface area (Å²) in [6.07, 6.45) is 2.29. The Hall–Kier alpha value is -2.29. The molecule has 1 N–H and O–H groups in total. The van der Waals surface area contributed by atoms with Crippen LogP contribution in [0.2, 0.25) is 0 Å². The SMILES string of the molecule is CCCN(CCC)C(=O)C[C@H](c1ccccc1)c1ccc(C)cc1O. The summed E-state index contributed by atoms with van der Waals surface area (Å²) in [5, 5.41) is 10.5. The molecule has 0 unspecified atom stereocenters. The molecule has 3 heteroatoms. The van der Waals surface area contributed by atoms with E-state index in [2.05, 4.69) is 13.8 Å². The highest BCUT2D eigenvalue weighted by Gasteiger charge is 2.23. The third-order valence-electron chi connectivity index (χ3n) is 4.48. The number of hydrogen-bond acceptors (Lipinski definition) is 2. The van der Waals surface area contributed by atoms with Gasteiger partial charge in [-0.1, -0.05) is 56.3 Å². The van der Waals surface area contributed by atoms with Gasteiger partial charge in [-0.2, -0.15) is 0 Å². The Morgan fingerprint density at radius 3 is 2.24 bits per heavy atom. The van der Waals surface area contributed by atoms with Crippen molar-refractivity contribution < 1.29 is 9.90 Å². The van der Waals surface area contributed by atoms with E-state index in [1.54, 1.807) is 6.07 Å². The van der Waals surface area contributed by atoms with E-state index >= 15 is 0 Å². The molecule has 0 radical (unpaired) electrons. The molecule has 134 valence electrons. The second-order valence-corrected chi connectivity index (χ2v) is 6.61. The number of benzene rings is 2. The standard InChI is InChI=1S/C22H29NO2/c1-4-13-23(14-5-2)22(25)16-20(18-9-7-6-8-10-18)19-12-11-17(3)15-21(19)24/h6-12,15,20,24H,4-5,13-14,16H2,1-3H3/t20-/m1/s1. The van der Waals surface area contributed by atoms with Gasteiger partial charge in [-0.15, -0.1) is 0 Å². The maximum absolute atomic E-state index is 12.9. The van der Waals surface area contributed by atoms with Crippen molar-refractivity contribution in [3.05, 3.63) is 65.2 Å². The lowest BCUT2D eigenvalue weighted by atomic mass is 9.87. The summed E-state index contributed by atoms with van der Waals surface area (Å²) in [6, 6.07) is 15.7. The van der Waals surface area contributed by atoms with Crippen molar-refractivity contribution in [3.63, 3.8) is 0 Å². The topological polar surface area (TPSA) is 40.5 Å². The van der Waals surface area contributed by atoms with Crippen molar-refractivity contribution in [2.24, 2.45) is 0 Å². The van der Waals surface area contributed by atoms with Crippen LogP contribution < -0.4 is 0 Å². The van der Waals surface area contributed by atoms with E-state index in [1.807, 2.05) is 54.3 Å². The maximum atomic E-state index is 12.9. The Kier molecular flexibility index (Phi) is 7.05. The highest BCUT2D eigenvalue weighted by atomic mass is 16.3. The summed E-state index contributed by atoms with van der Waals surface area (Å²) in [4.78, 5) is 14.8. The lowest BCUT2D eigenvalue weighted by Gasteiger charge is -2.25. The Morgan fingerprint density at radius 1 is 1.04 bits per heavy atom. The zero-order valence-corrected chi connectivity index (χ0v) is 15.5. The van der Waals surface area contributed by atoms with Gasteiger partial charge in [-0.3, -0.25) is 4.79 Å². The van der Waals surface area contributed by atoms with Crippen LogP contribution in [0.1, 0.15) is 55.7 Å². The van der Waals surface area contributed by atoms with Crippen molar-refractivity contribution in [2.45, 2.75) is 46.0 Å². The number of amides is 1. The number of carbonyl (C=O) groups is 1. The van der Waals surface area contributed by atoms with Crippen molar-refractivity contribution in [1.82, 2.24) is 4.90 Å². The summed E-state index contributed by atoms with van der Waals surface area (Å²) >= 11 is 0. The van der Waals surface area contributed by atoms with Gasteiger partial charge in [0.2, 0.25) is 5.91 Å². The first-order chi connectivity index (χ1) is 12.1. The number of nitrogens with zero attached hydrogens (tertiary/aromatic N) is 1. The maximum Gasteiger partial charge on any atom is 0.223 e. The first kappa shape index (κ1) is 19.0. The van der Waals surface area contributed by atoms with E-state index < -0.39 is 0 Å². The Labute approximate surface area is 151 Å². The molecule has 0 saturated carbocycles. The van der Waals surface area contributed by atoms with Gasteiger partial charge in [0.05, 0.1) is 0 Å². The molecule has 0 aliphatic heterocycles. The van der Waals surface area contributed by atoms with Crippen molar-refractivity contribution in [1.29, 1.82) is 0 Å². The van der Waals surface area contributed by atoms with E-state index in [0.29, 0.717) is 6.42 Å². The van der Waals surface area contributed by atoms with Gasteiger partial charge in [0.15, 0.2) is 0 Å². The summed E-state index contributed by atoms with van der Waals surface area (Å²) in [5.41, 5.74) is 2.89. The quantitative estimate of drug-likeness (QED) is 0.745. The molecule has 0 saturated heterocycles. The fourth-order valence-corrected chi connectivity index (χ4v) is 3.25. The second kappa shape index (κ2) is 9.26. The highest BCUT2D eigenvalue weighted by molar-refractivity contribution is 5.78. The molecule has 1 atom stereocenters. The van der Waals surface area contributed by atoms with Crippen LogP contribution in [-0.2, 0) is 4.79 Å². The van der Waals surface area contributed by atoms with Crippen molar-refractivity contribution >= 4 is 5.91 Å². The zero-order valence-electron chi connectivity index (χ0n) is 15.5. The Bertz CT molecular complexity index is 676. The van der Waals surface area contributed by atoms with Gasteiger partial charge < -0.3 is 10.0 Å². The van der Waals surface area contributed by atoms with Gasteiger partial charge in [-0.05, 0) is 37.0 Å². The average Bonchev–Trinajstić information content (AvgIpc) is 2.60. The Morgan fingerprint density at radius 2 is 1.68 bits per heavy atom. The van der Waals surface area contributed by atoms with Gasteiger partial charge in [0, 0.05) is 31.0 Å². The minimum atomic E-state index is -0.134. The van der Waals surface area contributed by atoms with Crippen LogP contribution in [0, 0.1) is 6.92 Å². The number of phenolic OH excluding ortho intramolecular Hbond substituents is 1. The van der Waals surface area contributed by atoms with Gasteiger partial charge in [-0.25, -0.2) is 0 Å². The molecule has 25 heavy (non-hydrogen) atoms. The molecule has 0 heterocycles. The van der Waals surface area contributed by atoms with E-state index in [1.165, 1.54) is 0 Å². The molecular formula is C22H29NO2. The molecule has 2 rings (SSSR count). The number of aromatic hydroxyl groups is 1. The average molecular weight is 339 g/mol. The summed E-state index contributed by atoms with van der Waals surface area (Å²) in [5.74, 6) is 0.280. The van der Waals surface area contributed by atoms with Crippen LogP contribution in [0.25, 0.3) is 0 Å². The van der Waals surface area contributed by atoms with Crippen LogP contribution in [0.4, 0.5) is 0 Å². The van der Waals surface area contributed by atoms with Gasteiger partial charge >= 0.3 is 0 Å². The van der Waals surface area contributed by atoms with E-state index in [9.17, 15) is 9.90 Å². The van der Waals surface area contributed by atoms with E-state index in [0.717, 1.165) is 42.6 Å². The number of phenols is 1. The molecule has 0 aliphatic carbocycles. The fraction of sp³-hybridized carbons (Fsp3) is 0.409. The van der Waals surface area contributed by atoms with Crippen LogP contribution in [0.5, 0.6) is 5.75 Å². The lowest BCUT2D eigenvalue weighted by Crippen LogP contribution is -2.33. The van der Waals surface area contributed by atoms with Gasteiger partial charge in [0.1, 0.15) is 5.75 Å². The lowest BCUT2D eigenvalue weighted by molar-refractivity contribution is -0.131. The molecule has 1 amide bonds. The number of carbonyl (C=O) groups excluding carboxylic acids is 1. The Balaban J connectivity index is 2.34. The summed E-state index contributed by atoms with van der Waals surface area (Å²) in [7, 11) is 0. The molecule has 0 bridgehead atoms. The predicted molar refractivity (Wildman–Crippen MR) is 103 cm³/mol. The normalized spacial score (nSPS) is 12.0. The summed E-state index contributed by atoms with van der Waals surface area (Å²) in [6.45, 7) is 7.71. The number of aryl methyl sites for hydroxylation is 1. The van der Waals surface area contributed by atoms with Crippen molar-refractivity contribution in [2.75, 3.05) is 13.1 Å². The minimum Gasteiger partial charge on any atom is -0.508 e. The fourth-order valence-electron chi connectivity index (χ4n) is 3.25. The molecule has 0 spiro atoms.